The molecule has 2 aromatic rings. The van der Waals surface area contributed by atoms with Gasteiger partial charge in [0.1, 0.15) is 17.2 Å². The molecule has 3 nitrogen and oxygen atoms in total. The van der Waals surface area contributed by atoms with Crippen LogP contribution in [0, 0.1) is 0 Å². The summed E-state index contributed by atoms with van der Waals surface area (Å²) in [5.41, 5.74) is 5.69. The molecule has 0 aliphatic carbocycles. The number of para-hydroxylation sites is 1. The lowest BCUT2D eigenvalue weighted by atomic mass is 10.2. The van der Waals surface area contributed by atoms with Gasteiger partial charge in [-0.3, -0.25) is 0 Å². The molecule has 0 saturated carbocycles. The van der Waals surface area contributed by atoms with Crippen LogP contribution in [-0.2, 0) is 0 Å². The van der Waals surface area contributed by atoms with Crippen molar-refractivity contribution in [2.24, 2.45) is 5.73 Å². The second-order valence-corrected chi connectivity index (χ2v) is 4.85. The fourth-order valence-corrected chi connectivity index (χ4v) is 1.82. The zero-order valence-electron chi connectivity index (χ0n) is 11.8. The van der Waals surface area contributed by atoms with Gasteiger partial charge in [0.15, 0.2) is 0 Å². The molecule has 1 atom stereocenters. The summed E-state index contributed by atoms with van der Waals surface area (Å²) in [6, 6.07) is 17.6. The molecular weight excluding hydrogens is 250 g/mol. The Balaban J connectivity index is 1.81. The van der Waals surface area contributed by atoms with Crippen LogP contribution in [0.1, 0.15) is 19.8 Å². The first-order valence-electron chi connectivity index (χ1n) is 6.95. The Morgan fingerprint density at radius 3 is 2.15 bits per heavy atom. The Kier molecular flexibility index (Phi) is 5.44. The summed E-state index contributed by atoms with van der Waals surface area (Å²) in [6.45, 7) is 2.70. The van der Waals surface area contributed by atoms with Gasteiger partial charge in [0.25, 0.3) is 0 Å². The monoisotopic (exact) mass is 271 g/mol. The van der Waals surface area contributed by atoms with Crippen LogP contribution in [0.15, 0.2) is 54.6 Å². The van der Waals surface area contributed by atoms with Crippen LogP contribution < -0.4 is 15.2 Å². The number of hydrogen-bond acceptors (Lipinski definition) is 3. The van der Waals surface area contributed by atoms with E-state index in [0.29, 0.717) is 6.61 Å². The van der Waals surface area contributed by atoms with Crippen LogP contribution in [0.2, 0.25) is 0 Å². The van der Waals surface area contributed by atoms with Crippen molar-refractivity contribution in [1.82, 2.24) is 0 Å². The van der Waals surface area contributed by atoms with Gasteiger partial charge in [0, 0.05) is 6.04 Å². The molecular formula is C17H21NO2. The molecule has 2 aromatic carbocycles. The molecule has 0 saturated heterocycles. The van der Waals surface area contributed by atoms with E-state index in [0.717, 1.165) is 30.1 Å². The maximum atomic E-state index is 5.72. The van der Waals surface area contributed by atoms with Crippen molar-refractivity contribution in [3.63, 3.8) is 0 Å². The van der Waals surface area contributed by atoms with Gasteiger partial charge in [-0.25, -0.2) is 0 Å². The lowest BCUT2D eigenvalue weighted by molar-refractivity contribution is 0.302. The zero-order valence-corrected chi connectivity index (χ0v) is 11.8. The highest BCUT2D eigenvalue weighted by Crippen LogP contribution is 2.23. The van der Waals surface area contributed by atoms with Crippen molar-refractivity contribution in [3.05, 3.63) is 54.6 Å². The topological polar surface area (TPSA) is 44.5 Å². The number of rotatable bonds is 7. The Bertz CT molecular complexity index is 494. The number of hydrogen-bond donors (Lipinski definition) is 1. The predicted octanol–water partition coefficient (Wildman–Crippen LogP) is 3.99. The fourth-order valence-electron chi connectivity index (χ4n) is 1.82. The van der Waals surface area contributed by atoms with Crippen molar-refractivity contribution in [3.8, 4) is 17.2 Å². The molecule has 3 heteroatoms. The van der Waals surface area contributed by atoms with Crippen LogP contribution in [-0.4, -0.2) is 12.6 Å². The smallest absolute Gasteiger partial charge is 0.127 e. The van der Waals surface area contributed by atoms with Crippen LogP contribution in [0.3, 0.4) is 0 Å². The maximum absolute atomic E-state index is 5.72. The first-order valence-corrected chi connectivity index (χ1v) is 6.95. The summed E-state index contributed by atoms with van der Waals surface area (Å²) in [5.74, 6) is 2.49. The average Bonchev–Trinajstić information content (AvgIpc) is 2.46. The summed E-state index contributed by atoms with van der Waals surface area (Å²) in [7, 11) is 0. The number of benzene rings is 2. The van der Waals surface area contributed by atoms with E-state index in [1.807, 2.05) is 61.5 Å². The second-order valence-electron chi connectivity index (χ2n) is 4.85. The van der Waals surface area contributed by atoms with E-state index in [4.69, 9.17) is 15.2 Å². The Labute approximate surface area is 120 Å². The summed E-state index contributed by atoms with van der Waals surface area (Å²) >= 11 is 0. The summed E-state index contributed by atoms with van der Waals surface area (Å²) in [6.07, 6.45) is 1.95. The highest BCUT2D eigenvalue weighted by molar-refractivity contribution is 5.35. The SMILES string of the molecule is CC(N)CCCOc1ccc(Oc2ccccc2)cc1. The largest absolute Gasteiger partial charge is 0.494 e. The van der Waals surface area contributed by atoms with Gasteiger partial charge in [-0.2, -0.15) is 0 Å². The summed E-state index contributed by atoms with van der Waals surface area (Å²) < 4.78 is 11.4. The van der Waals surface area contributed by atoms with Crippen molar-refractivity contribution < 1.29 is 9.47 Å². The van der Waals surface area contributed by atoms with Gasteiger partial charge in [0.2, 0.25) is 0 Å². The third kappa shape index (κ3) is 4.94. The minimum absolute atomic E-state index is 0.236. The van der Waals surface area contributed by atoms with Crippen molar-refractivity contribution in [2.75, 3.05) is 6.61 Å². The Morgan fingerprint density at radius 1 is 0.900 bits per heavy atom. The van der Waals surface area contributed by atoms with Gasteiger partial charge in [-0.05, 0) is 56.2 Å². The standard InChI is InChI=1S/C17H21NO2/c1-14(18)6-5-13-19-15-9-11-17(12-10-15)20-16-7-3-2-4-8-16/h2-4,7-12,14H,5-6,13,18H2,1H3. The normalized spacial score (nSPS) is 11.9. The summed E-state index contributed by atoms with van der Waals surface area (Å²) in [5, 5.41) is 0. The average molecular weight is 271 g/mol. The summed E-state index contributed by atoms with van der Waals surface area (Å²) in [4.78, 5) is 0. The number of ether oxygens (including phenoxy) is 2. The molecule has 1 unspecified atom stereocenters. The highest BCUT2D eigenvalue weighted by atomic mass is 16.5. The zero-order chi connectivity index (χ0) is 14.2. The van der Waals surface area contributed by atoms with E-state index in [2.05, 4.69) is 0 Å². The number of nitrogens with two attached hydrogens (primary N) is 1. The molecule has 0 aliphatic heterocycles. The van der Waals surface area contributed by atoms with E-state index in [1.54, 1.807) is 0 Å². The fraction of sp³-hybridized carbons (Fsp3) is 0.294. The van der Waals surface area contributed by atoms with E-state index in [-0.39, 0.29) is 6.04 Å². The molecule has 106 valence electrons. The van der Waals surface area contributed by atoms with E-state index in [9.17, 15) is 0 Å². The predicted molar refractivity (Wildman–Crippen MR) is 81.3 cm³/mol. The molecule has 0 aliphatic rings. The van der Waals surface area contributed by atoms with Gasteiger partial charge < -0.3 is 15.2 Å². The van der Waals surface area contributed by atoms with E-state index < -0.39 is 0 Å². The van der Waals surface area contributed by atoms with Crippen molar-refractivity contribution >= 4 is 0 Å². The van der Waals surface area contributed by atoms with E-state index in [1.165, 1.54) is 0 Å². The third-order valence-corrected chi connectivity index (χ3v) is 2.88. The van der Waals surface area contributed by atoms with E-state index >= 15 is 0 Å². The third-order valence-electron chi connectivity index (χ3n) is 2.88. The van der Waals surface area contributed by atoms with Gasteiger partial charge in [0.05, 0.1) is 6.61 Å². The molecule has 0 radical (unpaired) electrons. The first kappa shape index (κ1) is 14.4. The van der Waals surface area contributed by atoms with Gasteiger partial charge in [-0.1, -0.05) is 18.2 Å². The first-order chi connectivity index (χ1) is 9.74. The van der Waals surface area contributed by atoms with Crippen LogP contribution in [0.4, 0.5) is 0 Å². The highest BCUT2D eigenvalue weighted by Gasteiger charge is 1.99. The van der Waals surface area contributed by atoms with Crippen LogP contribution in [0.25, 0.3) is 0 Å². The Morgan fingerprint density at radius 2 is 1.50 bits per heavy atom. The Hall–Kier alpha value is -2.00. The van der Waals surface area contributed by atoms with Crippen molar-refractivity contribution in [1.29, 1.82) is 0 Å². The molecule has 0 heterocycles. The minimum atomic E-state index is 0.236. The molecule has 0 fully saturated rings. The van der Waals surface area contributed by atoms with Crippen molar-refractivity contribution in [2.45, 2.75) is 25.8 Å². The second kappa shape index (κ2) is 7.56. The quantitative estimate of drug-likeness (QED) is 0.774. The molecule has 0 bridgehead atoms. The van der Waals surface area contributed by atoms with Crippen LogP contribution in [0.5, 0.6) is 17.2 Å². The maximum Gasteiger partial charge on any atom is 0.127 e. The molecule has 0 spiro atoms. The molecule has 0 aromatic heterocycles. The van der Waals surface area contributed by atoms with Gasteiger partial charge >= 0.3 is 0 Å². The lowest BCUT2D eigenvalue weighted by Gasteiger charge is -2.09. The van der Waals surface area contributed by atoms with Gasteiger partial charge in [-0.15, -0.1) is 0 Å². The lowest BCUT2D eigenvalue weighted by Crippen LogP contribution is -2.15. The molecule has 20 heavy (non-hydrogen) atoms. The van der Waals surface area contributed by atoms with Crippen LogP contribution >= 0.6 is 0 Å². The molecule has 2 N–H and O–H groups in total. The minimum Gasteiger partial charge on any atom is -0.494 e. The molecule has 0 amide bonds. The molecule has 2 rings (SSSR count).